The highest BCUT2D eigenvalue weighted by Crippen LogP contribution is 2.22. The number of sulfonamides is 1. The topological polar surface area (TPSA) is 119 Å². The SMILES string of the molecule is CCN(CC)S(=O)(=O)c1cc(C(=O)Nc2ccc(C(=O)OC)nn2)ccc1C. The molecule has 0 aliphatic heterocycles. The number of rotatable bonds is 7. The van der Waals surface area contributed by atoms with E-state index in [1.165, 1.54) is 35.7 Å². The highest BCUT2D eigenvalue weighted by Gasteiger charge is 2.24. The van der Waals surface area contributed by atoms with Crippen molar-refractivity contribution < 1.29 is 22.7 Å². The van der Waals surface area contributed by atoms with Crippen LogP contribution < -0.4 is 5.32 Å². The lowest BCUT2D eigenvalue weighted by atomic mass is 10.1. The Morgan fingerprint density at radius 3 is 2.32 bits per heavy atom. The van der Waals surface area contributed by atoms with Gasteiger partial charge in [-0.1, -0.05) is 19.9 Å². The molecule has 0 atom stereocenters. The average molecular weight is 406 g/mol. The summed E-state index contributed by atoms with van der Waals surface area (Å²) in [7, 11) is -2.48. The number of hydrogen-bond donors (Lipinski definition) is 1. The van der Waals surface area contributed by atoms with Gasteiger partial charge in [-0.15, -0.1) is 10.2 Å². The van der Waals surface area contributed by atoms with Crippen LogP contribution in [0, 0.1) is 6.92 Å². The van der Waals surface area contributed by atoms with Crippen LogP contribution in [0.4, 0.5) is 5.82 Å². The predicted octanol–water partition coefficient (Wildman–Crippen LogP) is 1.85. The van der Waals surface area contributed by atoms with Gasteiger partial charge >= 0.3 is 5.97 Å². The van der Waals surface area contributed by atoms with Crippen molar-refractivity contribution in [2.24, 2.45) is 0 Å². The van der Waals surface area contributed by atoms with E-state index in [1.54, 1.807) is 26.8 Å². The summed E-state index contributed by atoms with van der Waals surface area (Å²) in [6.07, 6.45) is 0. The molecule has 9 nitrogen and oxygen atoms in total. The van der Waals surface area contributed by atoms with Crippen molar-refractivity contribution in [3.63, 3.8) is 0 Å². The number of amides is 1. The number of hydrogen-bond acceptors (Lipinski definition) is 7. The molecular formula is C18H22N4O5S. The fourth-order valence-corrected chi connectivity index (χ4v) is 4.23. The molecular weight excluding hydrogens is 384 g/mol. The fraction of sp³-hybridized carbons (Fsp3) is 0.333. The first-order chi connectivity index (χ1) is 13.2. The Hall–Kier alpha value is -2.85. The van der Waals surface area contributed by atoms with Crippen LogP contribution in [0.2, 0.25) is 0 Å². The third-order valence-corrected chi connectivity index (χ3v) is 6.27. The summed E-state index contributed by atoms with van der Waals surface area (Å²) in [5, 5.41) is 9.94. The van der Waals surface area contributed by atoms with Gasteiger partial charge in [0.15, 0.2) is 11.5 Å². The summed E-state index contributed by atoms with van der Waals surface area (Å²) in [6.45, 7) is 5.84. The number of anilines is 1. The first-order valence-electron chi connectivity index (χ1n) is 8.58. The van der Waals surface area contributed by atoms with E-state index in [0.29, 0.717) is 18.7 Å². The number of nitrogens with zero attached hydrogens (tertiary/aromatic N) is 3. The highest BCUT2D eigenvalue weighted by atomic mass is 32.2. The minimum atomic E-state index is -3.70. The van der Waals surface area contributed by atoms with Crippen molar-refractivity contribution in [2.45, 2.75) is 25.7 Å². The second-order valence-electron chi connectivity index (χ2n) is 5.82. The van der Waals surface area contributed by atoms with Gasteiger partial charge in [-0.3, -0.25) is 4.79 Å². The molecule has 0 spiro atoms. The second kappa shape index (κ2) is 8.89. The van der Waals surface area contributed by atoms with Crippen molar-refractivity contribution in [3.05, 3.63) is 47.2 Å². The van der Waals surface area contributed by atoms with Gasteiger partial charge in [0.2, 0.25) is 10.0 Å². The molecule has 0 aliphatic carbocycles. The van der Waals surface area contributed by atoms with E-state index in [9.17, 15) is 18.0 Å². The van der Waals surface area contributed by atoms with E-state index in [4.69, 9.17) is 0 Å². The molecule has 1 aromatic heterocycles. The Balaban J connectivity index is 2.28. The fourth-order valence-electron chi connectivity index (χ4n) is 2.52. The van der Waals surface area contributed by atoms with Crippen LogP contribution in [-0.4, -0.2) is 55.0 Å². The van der Waals surface area contributed by atoms with Crippen LogP contribution in [0.5, 0.6) is 0 Å². The molecule has 0 unspecified atom stereocenters. The lowest BCUT2D eigenvalue weighted by Crippen LogP contribution is -2.31. The quantitative estimate of drug-likeness (QED) is 0.697. The Kier molecular flexibility index (Phi) is 6.81. The molecule has 1 amide bonds. The number of benzene rings is 1. The number of ether oxygens (including phenoxy) is 1. The normalized spacial score (nSPS) is 11.3. The second-order valence-corrected chi connectivity index (χ2v) is 7.73. The zero-order valence-corrected chi connectivity index (χ0v) is 16.9. The van der Waals surface area contributed by atoms with E-state index in [1.807, 2.05) is 0 Å². The Morgan fingerprint density at radius 1 is 1.11 bits per heavy atom. The molecule has 1 heterocycles. The van der Waals surface area contributed by atoms with E-state index >= 15 is 0 Å². The van der Waals surface area contributed by atoms with E-state index in [2.05, 4.69) is 20.3 Å². The molecule has 2 aromatic rings. The third-order valence-electron chi connectivity index (χ3n) is 4.07. The summed E-state index contributed by atoms with van der Waals surface area (Å²) >= 11 is 0. The number of nitrogens with one attached hydrogen (secondary N) is 1. The third kappa shape index (κ3) is 4.52. The van der Waals surface area contributed by atoms with E-state index in [-0.39, 0.29) is 22.0 Å². The standard InChI is InChI=1S/C18H22N4O5S/c1-5-22(6-2)28(25,26)15-11-13(8-7-12(15)3)17(23)19-16-10-9-14(20-21-16)18(24)27-4/h7-11H,5-6H2,1-4H3,(H,19,21,23). The van der Waals surface area contributed by atoms with Crippen LogP contribution in [0.3, 0.4) is 0 Å². The van der Waals surface area contributed by atoms with Gasteiger partial charge < -0.3 is 10.1 Å². The van der Waals surface area contributed by atoms with Gasteiger partial charge in [-0.2, -0.15) is 4.31 Å². The van der Waals surface area contributed by atoms with E-state index < -0.39 is 21.9 Å². The maximum Gasteiger partial charge on any atom is 0.358 e. The summed E-state index contributed by atoms with van der Waals surface area (Å²) in [5.74, 6) is -1.07. The largest absolute Gasteiger partial charge is 0.464 e. The summed E-state index contributed by atoms with van der Waals surface area (Å²) < 4.78 is 31.5. The lowest BCUT2D eigenvalue weighted by Gasteiger charge is -2.20. The summed E-state index contributed by atoms with van der Waals surface area (Å²) in [6, 6.07) is 7.22. The van der Waals surface area contributed by atoms with Crippen LogP contribution in [0.15, 0.2) is 35.2 Å². The maximum atomic E-state index is 12.8. The first-order valence-corrected chi connectivity index (χ1v) is 10.0. The lowest BCUT2D eigenvalue weighted by molar-refractivity contribution is 0.0592. The van der Waals surface area contributed by atoms with Gasteiger partial charge in [0, 0.05) is 18.7 Å². The van der Waals surface area contributed by atoms with Gasteiger partial charge in [-0.05, 0) is 36.8 Å². The molecule has 150 valence electrons. The number of aromatic nitrogens is 2. The molecule has 0 aliphatic rings. The zero-order valence-electron chi connectivity index (χ0n) is 16.1. The summed E-state index contributed by atoms with van der Waals surface area (Å²) in [4.78, 5) is 24.0. The average Bonchev–Trinajstić information content (AvgIpc) is 2.68. The number of methoxy groups -OCH3 is 1. The molecule has 0 bridgehead atoms. The van der Waals surface area contributed by atoms with Crippen molar-refractivity contribution in [3.8, 4) is 0 Å². The van der Waals surface area contributed by atoms with Crippen molar-refractivity contribution in [1.29, 1.82) is 0 Å². The van der Waals surface area contributed by atoms with Crippen molar-refractivity contribution in [1.82, 2.24) is 14.5 Å². The van der Waals surface area contributed by atoms with Crippen LogP contribution in [-0.2, 0) is 14.8 Å². The van der Waals surface area contributed by atoms with Gasteiger partial charge in [0.05, 0.1) is 12.0 Å². The van der Waals surface area contributed by atoms with Gasteiger partial charge in [-0.25, -0.2) is 13.2 Å². The minimum absolute atomic E-state index is 0.00318. The summed E-state index contributed by atoms with van der Waals surface area (Å²) in [5.41, 5.74) is 0.712. The maximum absolute atomic E-state index is 12.8. The number of aryl methyl sites for hydroxylation is 1. The van der Waals surface area contributed by atoms with Crippen LogP contribution in [0.1, 0.15) is 40.3 Å². The minimum Gasteiger partial charge on any atom is -0.464 e. The number of carbonyl (C=O) groups is 2. The molecule has 0 saturated heterocycles. The molecule has 1 aromatic carbocycles. The highest BCUT2D eigenvalue weighted by molar-refractivity contribution is 7.89. The molecule has 28 heavy (non-hydrogen) atoms. The molecule has 0 radical (unpaired) electrons. The van der Waals surface area contributed by atoms with Crippen molar-refractivity contribution in [2.75, 3.05) is 25.5 Å². The van der Waals surface area contributed by atoms with Crippen LogP contribution in [0.25, 0.3) is 0 Å². The predicted molar refractivity (Wildman–Crippen MR) is 103 cm³/mol. The van der Waals surface area contributed by atoms with Crippen LogP contribution >= 0.6 is 0 Å². The smallest absolute Gasteiger partial charge is 0.358 e. The van der Waals surface area contributed by atoms with Crippen molar-refractivity contribution >= 4 is 27.7 Å². The zero-order chi connectivity index (χ0) is 20.9. The molecule has 0 saturated carbocycles. The van der Waals surface area contributed by atoms with Gasteiger partial charge in [0.1, 0.15) is 0 Å². The molecule has 1 N–H and O–H groups in total. The molecule has 0 fully saturated rings. The van der Waals surface area contributed by atoms with E-state index in [0.717, 1.165) is 0 Å². The number of carbonyl (C=O) groups excluding carboxylic acids is 2. The number of esters is 1. The Morgan fingerprint density at radius 2 is 1.79 bits per heavy atom. The molecule has 10 heteroatoms. The monoisotopic (exact) mass is 406 g/mol. The Bertz CT molecular complexity index is 970. The molecule has 2 rings (SSSR count). The van der Waals surface area contributed by atoms with Gasteiger partial charge in [0.25, 0.3) is 5.91 Å². The first kappa shape index (κ1) is 21.5. The Labute approximate surface area is 163 Å².